The number of amides is 1. The molecule has 1 aromatic carbocycles. The summed E-state index contributed by atoms with van der Waals surface area (Å²) in [7, 11) is 1.62. The Labute approximate surface area is 188 Å². The van der Waals surface area contributed by atoms with E-state index in [-0.39, 0.29) is 5.91 Å². The smallest absolute Gasteiger partial charge is 0.384 e. The number of carbonyl (C=O) groups excluding carboxylic acids is 1. The lowest BCUT2D eigenvalue weighted by atomic mass is 9.81. The van der Waals surface area contributed by atoms with Crippen molar-refractivity contribution >= 4 is 11.6 Å². The highest BCUT2D eigenvalue weighted by molar-refractivity contribution is 5.92. The lowest BCUT2D eigenvalue weighted by molar-refractivity contribution is -0.137. The number of allylic oxidation sites excluding steroid dienone is 1. The van der Waals surface area contributed by atoms with E-state index in [1.54, 1.807) is 13.2 Å². The summed E-state index contributed by atoms with van der Waals surface area (Å²) in [6.07, 6.45) is 1.39. The van der Waals surface area contributed by atoms with Gasteiger partial charge in [0.05, 0.1) is 12.2 Å². The third-order valence-electron chi connectivity index (χ3n) is 6.75. The van der Waals surface area contributed by atoms with Crippen LogP contribution in [-0.4, -0.2) is 57.2 Å². The molecule has 2 aliphatic rings. The van der Waals surface area contributed by atoms with Crippen LogP contribution in [0.1, 0.15) is 44.1 Å². The fourth-order valence-corrected chi connectivity index (χ4v) is 4.77. The van der Waals surface area contributed by atoms with Crippen LogP contribution in [0.2, 0.25) is 0 Å². The zero-order chi connectivity index (χ0) is 23.1. The number of piperazine rings is 1. The summed E-state index contributed by atoms with van der Waals surface area (Å²) in [5.74, 6) is 0.311. The lowest BCUT2D eigenvalue weighted by Crippen LogP contribution is -2.47. The molecule has 8 heteroatoms. The van der Waals surface area contributed by atoms with Gasteiger partial charge in [0.2, 0.25) is 5.91 Å². The number of rotatable bonds is 8. The minimum atomic E-state index is -4.31. The predicted octanol–water partition coefficient (Wildman–Crippen LogP) is 4.23. The first-order valence-corrected chi connectivity index (χ1v) is 11.4. The van der Waals surface area contributed by atoms with Crippen LogP contribution in [0.5, 0.6) is 0 Å². The number of carbonyl (C=O) groups is 1. The molecule has 2 fully saturated rings. The topological polar surface area (TPSA) is 58.8 Å². The lowest BCUT2D eigenvalue weighted by Gasteiger charge is -2.37. The van der Waals surface area contributed by atoms with E-state index in [9.17, 15) is 18.0 Å². The van der Waals surface area contributed by atoms with Crippen molar-refractivity contribution in [3.05, 3.63) is 41.0 Å². The molecule has 0 atom stereocenters. The molecule has 0 bridgehead atoms. The fraction of sp³-hybridized carbons (Fsp3) is 0.625. The number of nitrogens with zero attached hydrogens (tertiary/aromatic N) is 2. The van der Waals surface area contributed by atoms with E-state index in [0.29, 0.717) is 24.6 Å². The van der Waals surface area contributed by atoms with Gasteiger partial charge in [0.25, 0.3) is 0 Å². The van der Waals surface area contributed by atoms with Gasteiger partial charge in [0, 0.05) is 51.0 Å². The van der Waals surface area contributed by atoms with Crippen molar-refractivity contribution < 1.29 is 22.7 Å². The minimum absolute atomic E-state index is 0.325. The maximum absolute atomic E-state index is 13.0. The third-order valence-corrected chi connectivity index (χ3v) is 6.75. The van der Waals surface area contributed by atoms with Gasteiger partial charge in [-0.25, -0.2) is 0 Å². The first-order chi connectivity index (χ1) is 15.3. The molecule has 1 heterocycles. The van der Waals surface area contributed by atoms with E-state index in [0.717, 1.165) is 76.5 Å². The molecular formula is C24H34F3N3O2. The van der Waals surface area contributed by atoms with E-state index in [1.807, 2.05) is 4.90 Å². The van der Waals surface area contributed by atoms with Crippen molar-refractivity contribution in [3.63, 3.8) is 0 Å². The maximum Gasteiger partial charge on any atom is 0.416 e. The molecule has 178 valence electrons. The molecule has 1 aliphatic carbocycles. The summed E-state index contributed by atoms with van der Waals surface area (Å²) in [5.41, 5.74) is 7.56. The number of benzene rings is 1. The molecule has 1 saturated heterocycles. The average Bonchev–Trinajstić information content (AvgIpc) is 2.78. The van der Waals surface area contributed by atoms with Crippen LogP contribution in [0.15, 0.2) is 35.4 Å². The van der Waals surface area contributed by atoms with Crippen LogP contribution in [0.25, 0.3) is 0 Å². The Balaban J connectivity index is 1.43. The molecule has 1 aromatic rings. The molecule has 5 nitrogen and oxygen atoms in total. The number of hydrogen-bond acceptors (Lipinski definition) is 4. The summed E-state index contributed by atoms with van der Waals surface area (Å²) in [6.45, 7) is 4.71. The number of anilines is 1. The van der Waals surface area contributed by atoms with Crippen molar-refractivity contribution in [2.24, 2.45) is 11.7 Å². The summed E-state index contributed by atoms with van der Waals surface area (Å²) < 4.78 is 44.0. The van der Waals surface area contributed by atoms with Crippen LogP contribution in [0.4, 0.5) is 18.9 Å². The Bertz CT molecular complexity index is 792. The van der Waals surface area contributed by atoms with E-state index in [4.69, 9.17) is 10.5 Å². The van der Waals surface area contributed by atoms with Crippen LogP contribution < -0.4 is 10.6 Å². The minimum Gasteiger partial charge on any atom is -0.384 e. The van der Waals surface area contributed by atoms with E-state index in [2.05, 4.69) is 4.90 Å². The van der Waals surface area contributed by atoms with Gasteiger partial charge in [-0.1, -0.05) is 11.6 Å². The first kappa shape index (κ1) is 24.6. The van der Waals surface area contributed by atoms with Gasteiger partial charge >= 0.3 is 6.18 Å². The third kappa shape index (κ3) is 6.72. The number of methoxy groups -OCH3 is 1. The van der Waals surface area contributed by atoms with Crippen molar-refractivity contribution in [1.82, 2.24) is 4.90 Å². The van der Waals surface area contributed by atoms with Crippen LogP contribution >= 0.6 is 0 Å². The largest absolute Gasteiger partial charge is 0.416 e. The van der Waals surface area contributed by atoms with E-state index in [1.165, 1.54) is 17.7 Å². The predicted molar refractivity (Wildman–Crippen MR) is 119 cm³/mol. The Morgan fingerprint density at radius 1 is 1.16 bits per heavy atom. The highest BCUT2D eigenvalue weighted by Gasteiger charge is 2.31. The number of hydrogen-bond donors (Lipinski definition) is 1. The molecule has 1 saturated carbocycles. The SMILES string of the molecule is COCCC(C(N)=O)=C1CCC(CCN2CCN(c3cccc(C(F)(F)F)c3)CC2)CC1. The molecule has 1 aliphatic heterocycles. The van der Waals surface area contributed by atoms with Crippen LogP contribution in [0.3, 0.4) is 0 Å². The first-order valence-electron chi connectivity index (χ1n) is 11.4. The second-order valence-electron chi connectivity index (χ2n) is 8.80. The zero-order valence-corrected chi connectivity index (χ0v) is 18.8. The van der Waals surface area contributed by atoms with E-state index < -0.39 is 11.7 Å². The summed E-state index contributed by atoms with van der Waals surface area (Å²) in [4.78, 5) is 16.2. The molecule has 1 amide bonds. The van der Waals surface area contributed by atoms with Gasteiger partial charge in [0.15, 0.2) is 0 Å². The summed E-state index contributed by atoms with van der Waals surface area (Å²) in [5, 5.41) is 0. The van der Waals surface area contributed by atoms with Crippen LogP contribution in [0, 0.1) is 5.92 Å². The Kier molecular flexibility index (Phi) is 8.59. The second-order valence-corrected chi connectivity index (χ2v) is 8.80. The molecule has 0 radical (unpaired) electrons. The van der Waals surface area contributed by atoms with Gasteiger partial charge < -0.3 is 15.4 Å². The van der Waals surface area contributed by atoms with Gasteiger partial charge in [-0.05, 0) is 62.8 Å². The van der Waals surface area contributed by atoms with E-state index >= 15 is 0 Å². The number of primary amides is 1. The normalized spacial score (nSPS) is 20.4. The zero-order valence-electron chi connectivity index (χ0n) is 18.8. The molecule has 0 spiro atoms. The standard InChI is InChI=1S/C24H34F3N3O2/c1-32-16-10-22(23(28)31)19-7-5-18(6-8-19)9-11-29-12-14-30(15-13-29)21-4-2-3-20(17-21)24(25,26)27/h2-4,17-18H,5-16H2,1H3,(H2,28,31). The molecule has 0 aromatic heterocycles. The van der Waals surface area contributed by atoms with Gasteiger partial charge in [0.1, 0.15) is 0 Å². The second kappa shape index (κ2) is 11.2. The number of nitrogens with two attached hydrogens (primary N) is 1. The molecule has 32 heavy (non-hydrogen) atoms. The molecular weight excluding hydrogens is 419 g/mol. The Morgan fingerprint density at radius 2 is 1.84 bits per heavy atom. The molecule has 0 unspecified atom stereocenters. The average molecular weight is 454 g/mol. The number of halogens is 3. The quantitative estimate of drug-likeness (QED) is 0.599. The summed E-state index contributed by atoms with van der Waals surface area (Å²) in [6, 6.07) is 5.60. The Morgan fingerprint density at radius 3 is 2.44 bits per heavy atom. The van der Waals surface area contributed by atoms with Crippen molar-refractivity contribution in [3.8, 4) is 0 Å². The highest BCUT2D eigenvalue weighted by Crippen LogP contribution is 2.34. The van der Waals surface area contributed by atoms with Crippen molar-refractivity contribution in [1.29, 1.82) is 0 Å². The molecule has 2 N–H and O–H groups in total. The monoisotopic (exact) mass is 453 g/mol. The number of ether oxygens (including phenoxy) is 1. The Hall–Kier alpha value is -2.06. The van der Waals surface area contributed by atoms with Crippen LogP contribution in [-0.2, 0) is 15.7 Å². The van der Waals surface area contributed by atoms with Crippen molar-refractivity contribution in [2.75, 3.05) is 51.3 Å². The maximum atomic E-state index is 13.0. The van der Waals surface area contributed by atoms with Gasteiger partial charge in [-0.15, -0.1) is 0 Å². The van der Waals surface area contributed by atoms with Gasteiger partial charge in [-0.3, -0.25) is 9.69 Å². The van der Waals surface area contributed by atoms with Crippen molar-refractivity contribution in [2.45, 2.75) is 44.7 Å². The fourth-order valence-electron chi connectivity index (χ4n) is 4.77. The van der Waals surface area contributed by atoms with Gasteiger partial charge in [-0.2, -0.15) is 13.2 Å². The highest BCUT2D eigenvalue weighted by atomic mass is 19.4. The molecule has 3 rings (SSSR count). The summed E-state index contributed by atoms with van der Waals surface area (Å²) >= 11 is 0. The number of alkyl halides is 3.